The van der Waals surface area contributed by atoms with Gasteiger partial charge in [-0.25, -0.2) is 14.8 Å². The summed E-state index contributed by atoms with van der Waals surface area (Å²) in [6, 6.07) is 10.1. The van der Waals surface area contributed by atoms with Crippen molar-refractivity contribution in [3.05, 3.63) is 62.6 Å². The van der Waals surface area contributed by atoms with E-state index in [1.807, 2.05) is 18.2 Å². The maximum atomic E-state index is 12.8. The van der Waals surface area contributed by atoms with Gasteiger partial charge >= 0.3 is 5.69 Å². The van der Waals surface area contributed by atoms with Gasteiger partial charge in [-0.2, -0.15) is 0 Å². The summed E-state index contributed by atoms with van der Waals surface area (Å²) < 4.78 is 2.56. The minimum atomic E-state index is -0.375. The molecule has 0 N–H and O–H groups in total. The van der Waals surface area contributed by atoms with Crippen LogP contribution < -0.4 is 11.2 Å². The van der Waals surface area contributed by atoms with Crippen LogP contribution in [0.4, 0.5) is 0 Å². The Kier molecular flexibility index (Phi) is 5.79. The molecule has 0 aliphatic carbocycles. The first-order chi connectivity index (χ1) is 12.9. The van der Waals surface area contributed by atoms with Gasteiger partial charge in [0.2, 0.25) is 0 Å². The molecule has 142 valence electrons. The number of benzene rings is 1. The Bertz CT molecular complexity index is 1070. The van der Waals surface area contributed by atoms with E-state index in [0.717, 1.165) is 29.4 Å². The number of thioether (sulfide) groups is 1. The van der Waals surface area contributed by atoms with Crippen molar-refractivity contribution in [3.63, 3.8) is 0 Å². The van der Waals surface area contributed by atoms with Gasteiger partial charge < -0.3 is 0 Å². The maximum Gasteiger partial charge on any atom is 0.332 e. The molecule has 0 amide bonds. The fourth-order valence-corrected chi connectivity index (χ4v) is 4.05. The largest absolute Gasteiger partial charge is 0.332 e. The van der Waals surface area contributed by atoms with Gasteiger partial charge in [0.25, 0.3) is 5.56 Å². The summed E-state index contributed by atoms with van der Waals surface area (Å²) in [5.74, 6) is 0.676. The molecule has 0 radical (unpaired) electrons. The SMILES string of the molecule is CCCCc1nc(S[C@@H](C)c2ccccc2)c2c(=O)n(C)c(=O)n(C)c2n1. The van der Waals surface area contributed by atoms with Crippen molar-refractivity contribution in [1.29, 1.82) is 0 Å². The smallest absolute Gasteiger partial charge is 0.280 e. The second kappa shape index (κ2) is 8.08. The van der Waals surface area contributed by atoms with Gasteiger partial charge in [0.1, 0.15) is 16.2 Å². The van der Waals surface area contributed by atoms with Gasteiger partial charge in [-0.3, -0.25) is 13.9 Å². The first-order valence-electron chi connectivity index (χ1n) is 9.12. The van der Waals surface area contributed by atoms with Crippen molar-refractivity contribution in [3.8, 4) is 0 Å². The molecule has 0 aliphatic rings. The molecular weight excluding hydrogens is 360 g/mol. The Morgan fingerprint density at radius 2 is 1.78 bits per heavy atom. The van der Waals surface area contributed by atoms with E-state index in [2.05, 4.69) is 31.0 Å². The Hall–Kier alpha value is -2.41. The Balaban J connectivity index is 2.19. The molecule has 27 heavy (non-hydrogen) atoms. The van der Waals surface area contributed by atoms with Gasteiger partial charge in [-0.05, 0) is 18.9 Å². The van der Waals surface area contributed by atoms with Gasteiger partial charge in [0, 0.05) is 25.8 Å². The zero-order valence-electron chi connectivity index (χ0n) is 16.1. The zero-order valence-corrected chi connectivity index (χ0v) is 16.9. The van der Waals surface area contributed by atoms with E-state index in [0.29, 0.717) is 21.9 Å². The van der Waals surface area contributed by atoms with Crippen LogP contribution in [0.2, 0.25) is 0 Å². The highest BCUT2D eigenvalue weighted by molar-refractivity contribution is 7.99. The molecule has 0 fully saturated rings. The molecule has 0 saturated heterocycles. The molecule has 1 atom stereocenters. The van der Waals surface area contributed by atoms with Crippen LogP contribution in [0.25, 0.3) is 11.0 Å². The number of unbranched alkanes of at least 4 members (excludes halogenated alkanes) is 1. The van der Waals surface area contributed by atoms with E-state index in [-0.39, 0.29) is 16.5 Å². The lowest BCUT2D eigenvalue weighted by molar-refractivity contribution is 0.690. The summed E-state index contributed by atoms with van der Waals surface area (Å²) in [6.45, 7) is 4.20. The molecule has 0 aliphatic heterocycles. The Morgan fingerprint density at radius 1 is 1.07 bits per heavy atom. The van der Waals surface area contributed by atoms with E-state index in [1.54, 1.807) is 7.05 Å². The van der Waals surface area contributed by atoms with Crippen molar-refractivity contribution >= 4 is 22.8 Å². The van der Waals surface area contributed by atoms with E-state index in [4.69, 9.17) is 4.98 Å². The highest BCUT2D eigenvalue weighted by Crippen LogP contribution is 2.35. The number of rotatable bonds is 6. The molecule has 0 unspecified atom stereocenters. The quantitative estimate of drug-likeness (QED) is 0.482. The average molecular weight is 385 g/mol. The highest BCUT2D eigenvalue weighted by atomic mass is 32.2. The fraction of sp³-hybridized carbons (Fsp3) is 0.400. The molecule has 3 rings (SSSR count). The minimum Gasteiger partial charge on any atom is -0.280 e. The summed E-state index contributed by atoms with van der Waals surface area (Å²) >= 11 is 1.53. The summed E-state index contributed by atoms with van der Waals surface area (Å²) in [5.41, 5.74) is 0.843. The molecule has 6 nitrogen and oxygen atoms in total. The van der Waals surface area contributed by atoms with Gasteiger partial charge in [-0.1, -0.05) is 55.4 Å². The maximum absolute atomic E-state index is 12.8. The summed E-state index contributed by atoms with van der Waals surface area (Å²) in [4.78, 5) is 34.4. The van der Waals surface area contributed by atoms with Crippen molar-refractivity contribution in [1.82, 2.24) is 19.1 Å². The van der Waals surface area contributed by atoms with Crippen molar-refractivity contribution in [2.24, 2.45) is 14.1 Å². The molecule has 3 aromatic rings. The van der Waals surface area contributed by atoms with Gasteiger partial charge in [-0.15, -0.1) is 0 Å². The van der Waals surface area contributed by atoms with Crippen LogP contribution in [0, 0.1) is 0 Å². The van der Waals surface area contributed by atoms with Crippen LogP contribution in [0.5, 0.6) is 0 Å². The third kappa shape index (κ3) is 3.83. The summed E-state index contributed by atoms with van der Waals surface area (Å²) in [5, 5.41) is 1.16. The number of fused-ring (bicyclic) bond motifs is 1. The van der Waals surface area contributed by atoms with Gasteiger partial charge in [0.15, 0.2) is 5.65 Å². The summed E-state index contributed by atoms with van der Waals surface area (Å²) in [6.07, 6.45) is 2.71. The first-order valence-corrected chi connectivity index (χ1v) is 10.00. The molecule has 2 aromatic heterocycles. The Labute approximate surface area is 162 Å². The predicted octanol–water partition coefficient (Wildman–Crippen LogP) is 3.22. The molecule has 0 bridgehead atoms. The van der Waals surface area contributed by atoms with Crippen molar-refractivity contribution < 1.29 is 0 Å². The van der Waals surface area contributed by atoms with Crippen LogP contribution in [0.1, 0.15) is 43.3 Å². The van der Waals surface area contributed by atoms with E-state index < -0.39 is 0 Å². The van der Waals surface area contributed by atoms with Crippen molar-refractivity contribution in [2.75, 3.05) is 0 Å². The number of aryl methyl sites for hydroxylation is 2. The lowest BCUT2D eigenvalue weighted by Crippen LogP contribution is -2.37. The fourth-order valence-electron chi connectivity index (χ4n) is 2.96. The van der Waals surface area contributed by atoms with Crippen LogP contribution in [-0.4, -0.2) is 19.1 Å². The van der Waals surface area contributed by atoms with Crippen LogP contribution in [0.15, 0.2) is 44.9 Å². The number of nitrogens with zero attached hydrogens (tertiary/aromatic N) is 4. The zero-order chi connectivity index (χ0) is 19.6. The van der Waals surface area contributed by atoms with Crippen molar-refractivity contribution in [2.45, 2.75) is 43.4 Å². The second-order valence-corrected chi connectivity index (χ2v) is 7.95. The topological polar surface area (TPSA) is 69.8 Å². The third-order valence-corrected chi connectivity index (χ3v) is 5.77. The van der Waals surface area contributed by atoms with Crippen LogP contribution >= 0.6 is 11.8 Å². The summed E-state index contributed by atoms with van der Waals surface area (Å²) in [7, 11) is 3.14. The van der Waals surface area contributed by atoms with Crippen LogP contribution in [-0.2, 0) is 20.5 Å². The minimum absolute atomic E-state index is 0.116. The molecule has 0 saturated carbocycles. The number of aromatic nitrogens is 4. The van der Waals surface area contributed by atoms with E-state index >= 15 is 0 Å². The highest BCUT2D eigenvalue weighted by Gasteiger charge is 2.19. The van der Waals surface area contributed by atoms with Crippen LogP contribution in [0.3, 0.4) is 0 Å². The predicted molar refractivity (Wildman–Crippen MR) is 109 cm³/mol. The molecule has 7 heteroatoms. The first kappa shape index (κ1) is 19.4. The van der Waals surface area contributed by atoms with E-state index in [1.165, 1.54) is 23.4 Å². The lowest BCUT2D eigenvalue weighted by Gasteiger charge is -2.15. The molecular formula is C20H24N4O2S. The standard InChI is InChI=1S/C20H24N4O2S/c1-5-6-12-15-21-17-16(19(25)24(4)20(26)23(17)3)18(22-15)27-13(2)14-10-8-7-9-11-14/h7-11,13H,5-6,12H2,1-4H3/t13-/m0/s1. The molecule has 1 aromatic carbocycles. The van der Waals surface area contributed by atoms with Gasteiger partial charge in [0.05, 0.1) is 0 Å². The third-order valence-electron chi connectivity index (χ3n) is 4.62. The monoisotopic (exact) mass is 384 g/mol. The Morgan fingerprint density at radius 3 is 2.44 bits per heavy atom. The second-order valence-electron chi connectivity index (χ2n) is 6.62. The number of hydrogen-bond donors (Lipinski definition) is 0. The number of hydrogen-bond acceptors (Lipinski definition) is 5. The normalized spacial score (nSPS) is 12.4. The average Bonchev–Trinajstić information content (AvgIpc) is 2.69. The lowest BCUT2D eigenvalue weighted by atomic mass is 10.2. The van der Waals surface area contributed by atoms with E-state index in [9.17, 15) is 9.59 Å². The molecule has 0 spiro atoms. The molecule has 2 heterocycles.